The number of amides is 1. The number of benzene rings is 3. The fraction of sp³-hybridized carbons (Fsp3) is 0.156. The first kappa shape index (κ1) is 26.6. The van der Waals surface area contributed by atoms with E-state index in [4.69, 9.17) is 26.8 Å². The number of ether oxygens (including phenoxy) is 2. The van der Waals surface area contributed by atoms with Crippen molar-refractivity contribution in [2.75, 3.05) is 26.2 Å². The normalized spacial score (nSPS) is 13.2. The number of nitrogens with two attached hydrogens (primary N) is 1. The van der Waals surface area contributed by atoms with E-state index in [9.17, 15) is 9.59 Å². The molecule has 0 fully saturated rings. The van der Waals surface area contributed by atoms with Gasteiger partial charge in [0.25, 0.3) is 5.91 Å². The predicted molar refractivity (Wildman–Crippen MR) is 159 cm³/mol. The molecule has 6 rings (SSSR count). The Kier molecular flexibility index (Phi) is 7.41. The second-order valence-corrected chi connectivity index (χ2v) is 10.3. The molecule has 1 aliphatic rings. The molecule has 0 spiro atoms. The number of primary amides is 1. The molecule has 0 saturated carbocycles. The molecule has 0 bridgehead atoms. The fourth-order valence-corrected chi connectivity index (χ4v) is 5.20. The SMILES string of the molecule is NC(=O)c1cc2cc(Cl)ccc2cc1OCC(=O)c1cn(CCN2CC=CC2)c2cc(Oc3cccnc3)ccc12. The van der Waals surface area contributed by atoms with E-state index in [2.05, 4.69) is 26.6 Å². The minimum Gasteiger partial charge on any atom is -0.485 e. The number of pyridine rings is 1. The zero-order chi connectivity index (χ0) is 28.3. The lowest BCUT2D eigenvalue weighted by atomic mass is 10.1. The first-order valence-electron chi connectivity index (χ1n) is 13.2. The minimum absolute atomic E-state index is 0.186. The molecule has 1 amide bonds. The lowest BCUT2D eigenvalue weighted by Gasteiger charge is -2.15. The van der Waals surface area contributed by atoms with Gasteiger partial charge in [0, 0.05) is 60.6 Å². The first-order chi connectivity index (χ1) is 19.9. The molecule has 0 aliphatic carbocycles. The highest BCUT2D eigenvalue weighted by atomic mass is 35.5. The summed E-state index contributed by atoms with van der Waals surface area (Å²) in [4.78, 5) is 32.2. The van der Waals surface area contributed by atoms with Crippen molar-refractivity contribution in [1.82, 2.24) is 14.5 Å². The third-order valence-corrected chi connectivity index (χ3v) is 7.34. The summed E-state index contributed by atoms with van der Waals surface area (Å²) in [6.07, 6.45) is 9.51. The van der Waals surface area contributed by atoms with Crippen molar-refractivity contribution in [2.45, 2.75) is 6.54 Å². The summed E-state index contributed by atoms with van der Waals surface area (Å²) in [6.45, 7) is 3.09. The average molecular weight is 567 g/mol. The number of carbonyl (C=O) groups is 2. The summed E-state index contributed by atoms with van der Waals surface area (Å²) >= 11 is 6.11. The highest BCUT2D eigenvalue weighted by molar-refractivity contribution is 6.31. The van der Waals surface area contributed by atoms with E-state index >= 15 is 0 Å². The molecule has 0 atom stereocenters. The van der Waals surface area contributed by atoms with Crippen molar-refractivity contribution in [3.05, 3.63) is 108 Å². The number of ketones is 1. The maximum atomic E-state index is 13.5. The Morgan fingerprint density at radius 2 is 1.78 bits per heavy atom. The highest BCUT2D eigenvalue weighted by Crippen LogP contribution is 2.31. The number of aromatic nitrogens is 2. The second-order valence-electron chi connectivity index (χ2n) is 9.85. The third-order valence-electron chi connectivity index (χ3n) is 7.10. The molecule has 41 heavy (non-hydrogen) atoms. The van der Waals surface area contributed by atoms with E-state index in [0.29, 0.717) is 28.6 Å². The number of carbonyl (C=O) groups excluding carboxylic acids is 2. The number of hydrogen-bond donors (Lipinski definition) is 1. The van der Waals surface area contributed by atoms with Crippen LogP contribution in [0.1, 0.15) is 20.7 Å². The number of fused-ring (bicyclic) bond motifs is 2. The van der Waals surface area contributed by atoms with Gasteiger partial charge >= 0.3 is 0 Å². The van der Waals surface area contributed by atoms with E-state index in [-0.39, 0.29) is 23.7 Å². The Hall–Kier alpha value is -4.66. The predicted octanol–water partition coefficient (Wildman–Crippen LogP) is 5.87. The zero-order valence-electron chi connectivity index (χ0n) is 22.1. The third kappa shape index (κ3) is 5.79. The molecular formula is C32H27ClN4O4. The molecule has 2 N–H and O–H groups in total. The molecular weight excluding hydrogens is 540 g/mol. The summed E-state index contributed by atoms with van der Waals surface area (Å²) in [6, 6.07) is 18.0. The van der Waals surface area contributed by atoms with Crippen molar-refractivity contribution in [1.29, 1.82) is 0 Å². The number of hydrogen-bond acceptors (Lipinski definition) is 6. The zero-order valence-corrected chi connectivity index (χ0v) is 22.9. The van der Waals surface area contributed by atoms with E-state index in [1.807, 2.05) is 42.6 Å². The van der Waals surface area contributed by atoms with Crippen molar-refractivity contribution >= 4 is 45.0 Å². The Labute approximate surface area is 241 Å². The van der Waals surface area contributed by atoms with Gasteiger partial charge in [0.05, 0.1) is 17.3 Å². The van der Waals surface area contributed by atoms with Gasteiger partial charge in [-0.05, 0) is 59.3 Å². The van der Waals surface area contributed by atoms with Crippen molar-refractivity contribution in [3.63, 3.8) is 0 Å². The van der Waals surface area contributed by atoms with E-state index in [0.717, 1.165) is 41.3 Å². The summed E-state index contributed by atoms with van der Waals surface area (Å²) in [5.74, 6) is 0.650. The van der Waals surface area contributed by atoms with Crippen LogP contribution in [0.15, 0.2) is 91.4 Å². The van der Waals surface area contributed by atoms with Gasteiger partial charge in [0.1, 0.15) is 17.2 Å². The van der Waals surface area contributed by atoms with Gasteiger partial charge in [-0.15, -0.1) is 0 Å². The van der Waals surface area contributed by atoms with Gasteiger partial charge in [-0.1, -0.05) is 29.8 Å². The van der Waals surface area contributed by atoms with Gasteiger partial charge in [-0.25, -0.2) is 0 Å². The van der Waals surface area contributed by atoms with Crippen LogP contribution in [-0.2, 0) is 6.54 Å². The van der Waals surface area contributed by atoms with Crippen LogP contribution in [0.4, 0.5) is 0 Å². The van der Waals surface area contributed by atoms with Crippen LogP contribution in [-0.4, -0.2) is 52.4 Å². The van der Waals surface area contributed by atoms with Crippen molar-refractivity contribution < 1.29 is 19.1 Å². The van der Waals surface area contributed by atoms with Crippen molar-refractivity contribution in [3.8, 4) is 17.2 Å². The molecule has 0 unspecified atom stereocenters. The van der Waals surface area contributed by atoms with E-state index < -0.39 is 5.91 Å². The van der Waals surface area contributed by atoms with Gasteiger partial charge < -0.3 is 19.8 Å². The van der Waals surface area contributed by atoms with Crippen LogP contribution >= 0.6 is 11.6 Å². The van der Waals surface area contributed by atoms with Crippen molar-refractivity contribution in [2.24, 2.45) is 5.73 Å². The first-order valence-corrected chi connectivity index (χ1v) is 13.6. The quantitative estimate of drug-likeness (QED) is 0.168. The molecule has 5 aromatic rings. The molecule has 8 nitrogen and oxygen atoms in total. The van der Waals surface area contributed by atoms with Crippen LogP contribution in [0.5, 0.6) is 17.2 Å². The fourth-order valence-electron chi connectivity index (χ4n) is 5.02. The molecule has 0 saturated heterocycles. The molecule has 0 radical (unpaired) electrons. The topological polar surface area (TPSA) is 99.7 Å². The van der Waals surface area contributed by atoms with Crippen LogP contribution in [0.2, 0.25) is 5.02 Å². The summed E-state index contributed by atoms with van der Waals surface area (Å²) in [5, 5.41) is 2.91. The molecule has 206 valence electrons. The second kappa shape index (κ2) is 11.4. The molecule has 9 heteroatoms. The maximum Gasteiger partial charge on any atom is 0.252 e. The van der Waals surface area contributed by atoms with E-state index in [1.54, 1.807) is 36.7 Å². The number of halogens is 1. The number of nitrogens with zero attached hydrogens (tertiary/aromatic N) is 3. The van der Waals surface area contributed by atoms with Crippen LogP contribution in [0.25, 0.3) is 21.7 Å². The molecule has 1 aliphatic heterocycles. The number of Topliss-reactive ketones (excluding diaryl/α,β-unsaturated/α-hetero) is 1. The Morgan fingerprint density at radius 1 is 0.927 bits per heavy atom. The largest absolute Gasteiger partial charge is 0.485 e. The number of rotatable bonds is 10. The Bertz CT molecular complexity index is 1790. The van der Waals surface area contributed by atoms with Crippen LogP contribution < -0.4 is 15.2 Å². The lowest BCUT2D eigenvalue weighted by molar-refractivity contribution is 0.0913. The Balaban J connectivity index is 1.29. The van der Waals surface area contributed by atoms with E-state index in [1.165, 1.54) is 0 Å². The molecule has 3 heterocycles. The lowest BCUT2D eigenvalue weighted by Crippen LogP contribution is -2.24. The molecule has 2 aromatic heterocycles. The van der Waals surface area contributed by atoms with Crippen LogP contribution in [0.3, 0.4) is 0 Å². The van der Waals surface area contributed by atoms with Gasteiger partial charge in [0.2, 0.25) is 5.78 Å². The maximum absolute atomic E-state index is 13.5. The standard InChI is InChI=1S/C32H27ClN4O4/c33-23-6-5-21-16-31(27(32(34)39)15-22(21)14-23)40-20-30(38)28-19-37(13-12-36-10-1-2-11-36)29-17-24(7-8-26(28)29)41-25-4-3-9-35-18-25/h1-9,14-19H,10-13,20H2,(H2,34,39). The summed E-state index contributed by atoms with van der Waals surface area (Å²) < 4.78 is 14.0. The summed E-state index contributed by atoms with van der Waals surface area (Å²) in [7, 11) is 0. The molecule has 3 aromatic carbocycles. The van der Waals surface area contributed by atoms with Crippen LogP contribution in [0, 0.1) is 0 Å². The highest BCUT2D eigenvalue weighted by Gasteiger charge is 2.19. The minimum atomic E-state index is -0.650. The summed E-state index contributed by atoms with van der Waals surface area (Å²) in [5.41, 5.74) is 7.22. The monoisotopic (exact) mass is 566 g/mol. The average Bonchev–Trinajstić information content (AvgIpc) is 3.63. The van der Waals surface area contributed by atoms with Gasteiger partial charge in [0.15, 0.2) is 6.61 Å². The smallest absolute Gasteiger partial charge is 0.252 e. The Morgan fingerprint density at radius 3 is 2.56 bits per heavy atom. The van der Waals surface area contributed by atoms with Gasteiger partial charge in [-0.3, -0.25) is 19.5 Å². The van der Waals surface area contributed by atoms with Gasteiger partial charge in [-0.2, -0.15) is 0 Å².